The standard InChI is InChI=1S/C15H10F2N2/c16-11-5-6-15(19-8-7-18-10-19)13(9-11)12-3-1-2-4-14(12)17/h1-10H. The second kappa shape index (κ2) is 4.65. The summed E-state index contributed by atoms with van der Waals surface area (Å²) in [5.74, 6) is -0.781. The second-order valence-electron chi connectivity index (χ2n) is 4.11. The Morgan fingerprint density at radius 3 is 2.53 bits per heavy atom. The largest absolute Gasteiger partial charge is 0.306 e. The summed E-state index contributed by atoms with van der Waals surface area (Å²) < 4.78 is 29.1. The van der Waals surface area contributed by atoms with E-state index < -0.39 is 5.82 Å². The number of hydrogen-bond acceptors (Lipinski definition) is 1. The van der Waals surface area contributed by atoms with E-state index in [2.05, 4.69) is 4.98 Å². The van der Waals surface area contributed by atoms with Gasteiger partial charge in [0.2, 0.25) is 0 Å². The first-order valence-corrected chi connectivity index (χ1v) is 5.78. The third kappa shape index (κ3) is 2.12. The lowest BCUT2D eigenvalue weighted by Gasteiger charge is -2.11. The fraction of sp³-hybridized carbons (Fsp3) is 0. The van der Waals surface area contributed by atoms with E-state index >= 15 is 0 Å². The zero-order valence-corrected chi connectivity index (χ0v) is 9.92. The smallest absolute Gasteiger partial charge is 0.131 e. The van der Waals surface area contributed by atoms with Gasteiger partial charge in [0.05, 0.1) is 12.0 Å². The average molecular weight is 256 g/mol. The number of hydrogen-bond donors (Lipinski definition) is 0. The molecule has 0 fully saturated rings. The van der Waals surface area contributed by atoms with E-state index in [1.807, 2.05) is 0 Å². The molecule has 0 N–H and O–H groups in total. The first-order chi connectivity index (χ1) is 9.25. The molecule has 3 rings (SSSR count). The van der Waals surface area contributed by atoms with Crippen LogP contribution in [-0.4, -0.2) is 9.55 Å². The Balaban J connectivity index is 2.26. The van der Waals surface area contributed by atoms with Gasteiger partial charge in [-0.3, -0.25) is 0 Å². The number of imidazole rings is 1. The highest BCUT2D eigenvalue weighted by molar-refractivity contribution is 5.73. The Hall–Kier alpha value is -2.49. The summed E-state index contributed by atoms with van der Waals surface area (Å²) in [6.45, 7) is 0. The van der Waals surface area contributed by atoms with Crippen LogP contribution in [0.1, 0.15) is 0 Å². The van der Waals surface area contributed by atoms with Crippen LogP contribution >= 0.6 is 0 Å². The summed E-state index contributed by atoms with van der Waals surface area (Å²) in [4.78, 5) is 3.95. The highest BCUT2D eigenvalue weighted by Crippen LogP contribution is 2.29. The topological polar surface area (TPSA) is 17.8 Å². The van der Waals surface area contributed by atoms with Crippen molar-refractivity contribution in [2.45, 2.75) is 0 Å². The molecule has 0 atom stereocenters. The van der Waals surface area contributed by atoms with Crippen LogP contribution in [-0.2, 0) is 0 Å². The predicted octanol–water partition coefficient (Wildman–Crippen LogP) is 3.82. The Bertz CT molecular complexity index is 706. The Labute approximate surface area is 109 Å². The van der Waals surface area contributed by atoms with Gasteiger partial charge in [0.1, 0.15) is 11.6 Å². The van der Waals surface area contributed by atoms with Gasteiger partial charge in [-0.05, 0) is 24.3 Å². The first-order valence-electron chi connectivity index (χ1n) is 5.78. The molecule has 0 unspecified atom stereocenters. The van der Waals surface area contributed by atoms with E-state index in [1.165, 1.54) is 18.2 Å². The number of benzene rings is 2. The van der Waals surface area contributed by atoms with Gasteiger partial charge in [-0.15, -0.1) is 0 Å². The third-order valence-electron chi connectivity index (χ3n) is 2.91. The number of nitrogens with zero attached hydrogens (tertiary/aromatic N) is 2. The molecule has 0 saturated heterocycles. The van der Waals surface area contributed by atoms with E-state index in [4.69, 9.17) is 0 Å². The van der Waals surface area contributed by atoms with Crippen molar-refractivity contribution in [1.82, 2.24) is 9.55 Å². The Kier molecular flexibility index (Phi) is 2.83. The zero-order valence-electron chi connectivity index (χ0n) is 9.92. The molecule has 0 amide bonds. The molecule has 0 saturated carbocycles. The van der Waals surface area contributed by atoms with E-state index in [0.717, 1.165) is 0 Å². The minimum atomic E-state index is -0.401. The van der Waals surface area contributed by atoms with Crippen LogP contribution in [0.2, 0.25) is 0 Å². The molecule has 0 radical (unpaired) electrons. The molecule has 0 aliphatic rings. The summed E-state index contributed by atoms with van der Waals surface area (Å²) >= 11 is 0. The van der Waals surface area contributed by atoms with Crippen molar-refractivity contribution in [2.24, 2.45) is 0 Å². The lowest BCUT2D eigenvalue weighted by atomic mass is 10.0. The van der Waals surface area contributed by atoms with Crippen LogP contribution in [0.5, 0.6) is 0 Å². The van der Waals surface area contributed by atoms with Gasteiger partial charge in [-0.25, -0.2) is 13.8 Å². The lowest BCUT2D eigenvalue weighted by molar-refractivity contribution is 0.624. The summed E-state index contributed by atoms with van der Waals surface area (Å²) in [7, 11) is 0. The maximum atomic E-state index is 13.9. The molecule has 2 nitrogen and oxygen atoms in total. The number of halogens is 2. The molecular weight excluding hydrogens is 246 g/mol. The summed E-state index contributed by atoms with van der Waals surface area (Å²) in [5, 5.41) is 0. The van der Waals surface area contributed by atoms with Gasteiger partial charge in [0.25, 0.3) is 0 Å². The quantitative estimate of drug-likeness (QED) is 0.681. The average Bonchev–Trinajstić information content (AvgIpc) is 2.93. The molecule has 1 heterocycles. The molecule has 94 valence electrons. The number of aromatic nitrogens is 2. The molecule has 3 aromatic rings. The van der Waals surface area contributed by atoms with Crippen molar-refractivity contribution in [2.75, 3.05) is 0 Å². The number of rotatable bonds is 2. The fourth-order valence-electron chi connectivity index (χ4n) is 2.03. The molecule has 0 bridgehead atoms. The zero-order chi connectivity index (χ0) is 13.2. The fourth-order valence-corrected chi connectivity index (χ4v) is 2.03. The molecular formula is C15H10F2N2. The molecule has 19 heavy (non-hydrogen) atoms. The Morgan fingerprint density at radius 2 is 1.79 bits per heavy atom. The van der Waals surface area contributed by atoms with Crippen LogP contribution in [0.25, 0.3) is 16.8 Å². The van der Waals surface area contributed by atoms with Crippen LogP contribution in [0, 0.1) is 11.6 Å². The molecule has 4 heteroatoms. The molecule has 0 aliphatic carbocycles. The lowest BCUT2D eigenvalue weighted by Crippen LogP contribution is -1.96. The first kappa shape index (κ1) is 11.6. The van der Waals surface area contributed by atoms with E-state index in [-0.39, 0.29) is 5.82 Å². The van der Waals surface area contributed by atoms with Crippen LogP contribution in [0.3, 0.4) is 0 Å². The summed E-state index contributed by atoms with van der Waals surface area (Å²) in [5.41, 5.74) is 1.55. The highest BCUT2D eigenvalue weighted by Gasteiger charge is 2.11. The van der Waals surface area contributed by atoms with Crippen molar-refractivity contribution in [3.8, 4) is 16.8 Å². The molecule has 0 spiro atoms. The minimum absolute atomic E-state index is 0.366. The van der Waals surface area contributed by atoms with Gasteiger partial charge in [-0.1, -0.05) is 18.2 Å². The van der Waals surface area contributed by atoms with Crippen LogP contribution in [0.4, 0.5) is 8.78 Å². The summed E-state index contributed by atoms with van der Waals surface area (Å²) in [6, 6.07) is 10.6. The van der Waals surface area contributed by atoms with Gasteiger partial charge in [0.15, 0.2) is 0 Å². The van der Waals surface area contributed by atoms with Gasteiger partial charge in [-0.2, -0.15) is 0 Å². The molecule has 2 aromatic carbocycles. The van der Waals surface area contributed by atoms with Crippen molar-refractivity contribution in [1.29, 1.82) is 0 Å². The Morgan fingerprint density at radius 1 is 0.947 bits per heavy atom. The van der Waals surface area contributed by atoms with Crippen LogP contribution in [0.15, 0.2) is 61.2 Å². The SMILES string of the molecule is Fc1ccc(-n2ccnc2)c(-c2ccccc2F)c1. The van der Waals surface area contributed by atoms with E-state index in [1.54, 1.807) is 47.6 Å². The van der Waals surface area contributed by atoms with Crippen molar-refractivity contribution in [3.05, 3.63) is 72.8 Å². The maximum Gasteiger partial charge on any atom is 0.131 e. The molecule has 0 aliphatic heterocycles. The van der Waals surface area contributed by atoms with E-state index in [0.29, 0.717) is 16.8 Å². The normalized spacial score (nSPS) is 10.6. The third-order valence-corrected chi connectivity index (χ3v) is 2.91. The maximum absolute atomic E-state index is 13.9. The monoisotopic (exact) mass is 256 g/mol. The summed E-state index contributed by atoms with van der Waals surface area (Å²) in [6.07, 6.45) is 4.95. The van der Waals surface area contributed by atoms with Gasteiger partial charge < -0.3 is 4.57 Å². The second-order valence-corrected chi connectivity index (χ2v) is 4.11. The minimum Gasteiger partial charge on any atom is -0.306 e. The predicted molar refractivity (Wildman–Crippen MR) is 68.9 cm³/mol. The van der Waals surface area contributed by atoms with Gasteiger partial charge >= 0.3 is 0 Å². The van der Waals surface area contributed by atoms with E-state index in [9.17, 15) is 8.78 Å². The van der Waals surface area contributed by atoms with Crippen LogP contribution < -0.4 is 0 Å². The van der Waals surface area contributed by atoms with Crippen molar-refractivity contribution < 1.29 is 8.78 Å². The van der Waals surface area contributed by atoms with Crippen molar-refractivity contribution >= 4 is 0 Å². The highest BCUT2D eigenvalue weighted by atomic mass is 19.1. The van der Waals surface area contributed by atoms with Gasteiger partial charge in [0, 0.05) is 23.5 Å². The molecule has 1 aromatic heterocycles. The van der Waals surface area contributed by atoms with Crippen molar-refractivity contribution in [3.63, 3.8) is 0 Å².